The Morgan fingerprint density at radius 2 is 0.636 bits per heavy atom. The normalized spacial score (nSPS) is 13.0. The molecule has 0 amide bonds. The summed E-state index contributed by atoms with van der Waals surface area (Å²) in [5.74, 6) is 0. The predicted octanol–water partition coefficient (Wildman–Crippen LogP) is 8.21. The monoisotopic (exact) mass is 532 g/mol. The molecule has 0 saturated heterocycles. The molecule has 0 atom stereocenters. The standard InChI is InChI=1S/C28H20B.3CH3.Sn/c1-5-13-21(14-6-1)25-26(22-15-7-2-8-16-22)28(24-19-11-4-12-20-24)29-27(25)23-17-9-3-10-18-23;;;;/h1-20H;3*1H3;. The second kappa shape index (κ2) is 11.4. The number of allylic oxidation sites excluding steroid dienone is 2. The molecule has 0 aliphatic carbocycles. The van der Waals surface area contributed by atoms with E-state index in [1.54, 1.807) is 0 Å². The van der Waals surface area contributed by atoms with Crippen LogP contribution in [0.1, 0.15) is 22.3 Å². The molecule has 0 bridgehead atoms. The van der Waals surface area contributed by atoms with E-state index in [9.17, 15) is 0 Å². The minimum atomic E-state index is -0.543. The van der Waals surface area contributed by atoms with Crippen molar-refractivity contribution in [3.8, 4) is 0 Å². The maximum atomic E-state index is 2.36. The van der Waals surface area contributed by atoms with E-state index in [0.29, 0.717) is 0 Å². The zero-order chi connectivity index (χ0) is 23.0. The van der Waals surface area contributed by atoms with Gasteiger partial charge in [0.15, 0.2) is 7.28 Å². The third kappa shape index (κ3) is 5.78. The van der Waals surface area contributed by atoms with Crippen LogP contribution in [0.3, 0.4) is 0 Å². The molecule has 1 aliphatic heterocycles. The Bertz CT molecular complexity index is 1130. The molecule has 4 aromatic carbocycles. The van der Waals surface area contributed by atoms with Crippen molar-refractivity contribution in [3.05, 3.63) is 144 Å². The molecular weight excluding hydrogens is 502 g/mol. The first-order chi connectivity index (χ1) is 16.1. The van der Waals surface area contributed by atoms with E-state index in [1.165, 1.54) is 44.3 Å². The van der Waals surface area contributed by atoms with Gasteiger partial charge in [0.1, 0.15) is 0 Å². The second-order valence-corrected chi connectivity index (χ2v) is 17.2. The summed E-state index contributed by atoms with van der Waals surface area (Å²) >= 11 is -0.543. The summed E-state index contributed by atoms with van der Waals surface area (Å²) in [5, 5.41) is 0. The van der Waals surface area contributed by atoms with Gasteiger partial charge in [-0.1, -0.05) is 132 Å². The fourth-order valence-corrected chi connectivity index (χ4v) is 4.06. The first-order valence-corrected chi connectivity index (χ1v) is 20.0. The van der Waals surface area contributed by atoms with Gasteiger partial charge in [0.2, 0.25) is 0 Å². The van der Waals surface area contributed by atoms with E-state index >= 15 is 0 Å². The van der Waals surface area contributed by atoms with Crippen LogP contribution in [0.5, 0.6) is 0 Å². The van der Waals surface area contributed by atoms with Crippen molar-refractivity contribution < 1.29 is 0 Å². The van der Waals surface area contributed by atoms with Gasteiger partial charge < -0.3 is 0 Å². The van der Waals surface area contributed by atoms with Crippen LogP contribution in [0.4, 0.5) is 0 Å². The third-order valence-electron chi connectivity index (χ3n) is 5.37. The van der Waals surface area contributed by atoms with E-state index in [0.717, 1.165) is 0 Å². The second-order valence-electron chi connectivity index (χ2n) is 8.69. The Hall–Kier alpha value is -2.78. The van der Waals surface area contributed by atoms with Gasteiger partial charge in [-0.25, -0.2) is 0 Å². The molecule has 2 heteroatoms. The zero-order valence-electron chi connectivity index (χ0n) is 19.6. The van der Waals surface area contributed by atoms with Crippen LogP contribution in [0.2, 0.25) is 14.8 Å². The third-order valence-corrected chi connectivity index (χ3v) is 5.37. The minimum absolute atomic E-state index is 0.543. The molecule has 4 aromatic rings. The molecule has 33 heavy (non-hydrogen) atoms. The van der Waals surface area contributed by atoms with Crippen LogP contribution >= 0.6 is 0 Å². The number of benzene rings is 4. The molecule has 1 heterocycles. The molecular formula is C31H29BSn. The summed E-state index contributed by atoms with van der Waals surface area (Å²) in [4.78, 5) is 7.09. The van der Waals surface area contributed by atoms with Gasteiger partial charge in [0.25, 0.3) is 0 Å². The summed E-state index contributed by atoms with van der Waals surface area (Å²) in [7, 11) is 2.36. The SMILES string of the molecule is [B]1C(c2ccccc2)=C(c2ccccc2)C(c2ccccc2)=C1c1ccccc1.[CH3][Sn]([CH3])[CH3]. The first-order valence-electron chi connectivity index (χ1n) is 11.5. The van der Waals surface area contributed by atoms with Crippen molar-refractivity contribution in [2.75, 3.05) is 0 Å². The van der Waals surface area contributed by atoms with Gasteiger partial charge >= 0.3 is 34.6 Å². The summed E-state index contributed by atoms with van der Waals surface area (Å²) in [6, 6.07) is 42.9. The van der Waals surface area contributed by atoms with Crippen LogP contribution in [0, 0.1) is 0 Å². The van der Waals surface area contributed by atoms with Crippen LogP contribution in [0.15, 0.2) is 121 Å². The fraction of sp³-hybridized carbons (Fsp3) is 0.0968. The predicted molar refractivity (Wildman–Crippen MR) is 148 cm³/mol. The molecule has 1 aliphatic rings. The Kier molecular flexibility index (Phi) is 8.07. The quantitative estimate of drug-likeness (QED) is 0.233. The Morgan fingerprint density at radius 1 is 0.394 bits per heavy atom. The van der Waals surface area contributed by atoms with Crippen LogP contribution in [-0.2, 0) is 0 Å². The molecule has 0 aromatic heterocycles. The molecule has 0 spiro atoms. The van der Waals surface area contributed by atoms with Crippen LogP contribution in [-0.4, -0.2) is 27.0 Å². The Morgan fingerprint density at radius 3 is 0.909 bits per heavy atom. The van der Waals surface area contributed by atoms with Gasteiger partial charge in [-0.3, -0.25) is 0 Å². The molecule has 0 N–H and O–H groups in total. The number of rotatable bonds is 4. The van der Waals surface area contributed by atoms with Crippen molar-refractivity contribution in [2.45, 2.75) is 14.8 Å². The van der Waals surface area contributed by atoms with E-state index in [2.05, 4.69) is 143 Å². The van der Waals surface area contributed by atoms with Gasteiger partial charge in [0, 0.05) is 0 Å². The maximum absolute atomic E-state index is 2.36. The Labute approximate surface area is 206 Å². The van der Waals surface area contributed by atoms with Gasteiger partial charge in [-0.2, -0.15) is 0 Å². The van der Waals surface area contributed by atoms with E-state index in [1.807, 2.05) is 0 Å². The average Bonchev–Trinajstić information content (AvgIpc) is 3.27. The Balaban J connectivity index is 0.000000601. The van der Waals surface area contributed by atoms with Crippen molar-refractivity contribution in [1.82, 2.24) is 0 Å². The van der Waals surface area contributed by atoms with E-state index in [-0.39, 0.29) is 0 Å². The molecule has 0 nitrogen and oxygen atoms in total. The topological polar surface area (TPSA) is 0 Å². The summed E-state index contributed by atoms with van der Waals surface area (Å²) in [6.07, 6.45) is 0. The summed E-state index contributed by atoms with van der Waals surface area (Å²) < 4.78 is 0. The molecule has 2 radical (unpaired) electrons. The molecule has 5 rings (SSSR count). The molecule has 0 unspecified atom stereocenters. The van der Waals surface area contributed by atoms with Crippen molar-refractivity contribution >= 4 is 49.1 Å². The van der Waals surface area contributed by atoms with Gasteiger partial charge in [-0.15, -0.1) is 0 Å². The average molecular weight is 531 g/mol. The zero-order valence-corrected chi connectivity index (χ0v) is 22.5. The van der Waals surface area contributed by atoms with Gasteiger partial charge in [0.05, 0.1) is 0 Å². The van der Waals surface area contributed by atoms with Crippen molar-refractivity contribution in [3.63, 3.8) is 0 Å². The molecule has 0 fully saturated rings. The number of hydrogen-bond donors (Lipinski definition) is 0. The number of hydrogen-bond acceptors (Lipinski definition) is 0. The van der Waals surface area contributed by atoms with E-state index in [4.69, 9.17) is 0 Å². The van der Waals surface area contributed by atoms with Crippen molar-refractivity contribution in [1.29, 1.82) is 0 Å². The van der Waals surface area contributed by atoms with Gasteiger partial charge in [-0.05, 0) is 33.4 Å². The van der Waals surface area contributed by atoms with E-state index < -0.39 is 19.8 Å². The molecule has 0 saturated carbocycles. The molecule has 160 valence electrons. The first kappa shape index (κ1) is 23.4. The van der Waals surface area contributed by atoms with Crippen molar-refractivity contribution in [2.24, 2.45) is 0 Å². The summed E-state index contributed by atoms with van der Waals surface area (Å²) in [6.45, 7) is 0. The fourth-order valence-electron chi connectivity index (χ4n) is 4.06. The van der Waals surface area contributed by atoms with Crippen LogP contribution < -0.4 is 0 Å². The summed E-state index contributed by atoms with van der Waals surface area (Å²) in [5.41, 5.74) is 10.1. The van der Waals surface area contributed by atoms with Crippen LogP contribution in [0.25, 0.3) is 22.1 Å².